The zero-order valence-electron chi connectivity index (χ0n) is 14.5. The predicted octanol–water partition coefficient (Wildman–Crippen LogP) is 2.51. The Morgan fingerprint density at radius 2 is 1.69 bits per heavy atom. The zero-order valence-corrected chi connectivity index (χ0v) is 14.5. The Bertz CT molecular complexity index is 1000. The molecule has 3 N–H and O–H groups in total. The number of rotatable bonds is 5. The lowest BCUT2D eigenvalue weighted by Crippen LogP contribution is -2.36. The smallest absolute Gasteiger partial charge is 0.337 e. The summed E-state index contributed by atoms with van der Waals surface area (Å²) in [6.07, 6.45) is 0. The second-order valence-electron chi connectivity index (χ2n) is 6.36. The molecule has 7 nitrogen and oxygen atoms in total. The molecule has 0 saturated heterocycles. The van der Waals surface area contributed by atoms with Gasteiger partial charge in [0.15, 0.2) is 0 Å². The van der Waals surface area contributed by atoms with Gasteiger partial charge >= 0.3 is 11.9 Å². The van der Waals surface area contributed by atoms with Gasteiger partial charge in [0.1, 0.15) is 18.2 Å². The SMILES string of the molecule is CC(C)[C@H](N)C(=O)OCc1cccc2nc3c(C(=O)O)cccc3nc12. The first kappa shape index (κ1) is 17.8. The third kappa shape index (κ3) is 3.34. The van der Waals surface area contributed by atoms with Crippen molar-refractivity contribution in [2.75, 3.05) is 0 Å². The number of fused-ring (bicyclic) bond motifs is 2. The topological polar surface area (TPSA) is 115 Å². The first-order valence-electron chi connectivity index (χ1n) is 8.22. The number of nitrogens with two attached hydrogens (primary N) is 1. The van der Waals surface area contributed by atoms with E-state index in [4.69, 9.17) is 10.5 Å². The van der Waals surface area contributed by atoms with E-state index in [9.17, 15) is 14.7 Å². The number of hydrogen-bond donors (Lipinski definition) is 2. The van der Waals surface area contributed by atoms with Crippen LogP contribution in [-0.2, 0) is 16.1 Å². The quantitative estimate of drug-likeness (QED) is 0.535. The number of hydrogen-bond acceptors (Lipinski definition) is 6. The normalized spacial score (nSPS) is 12.5. The van der Waals surface area contributed by atoms with Crippen molar-refractivity contribution in [2.24, 2.45) is 11.7 Å². The Kier molecular flexibility index (Phi) is 4.81. The van der Waals surface area contributed by atoms with Crippen LogP contribution in [0.25, 0.3) is 22.1 Å². The number of ether oxygens (including phenoxy) is 1. The van der Waals surface area contributed by atoms with Crippen LogP contribution in [0.1, 0.15) is 29.8 Å². The van der Waals surface area contributed by atoms with Gasteiger partial charge < -0.3 is 15.6 Å². The van der Waals surface area contributed by atoms with Crippen LogP contribution in [0.15, 0.2) is 36.4 Å². The average molecular weight is 353 g/mol. The fourth-order valence-electron chi connectivity index (χ4n) is 2.58. The van der Waals surface area contributed by atoms with Crippen LogP contribution in [0, 0.1) is 5.92 Å². The minimum atomic E-state index is -1.06. The van der Waals surface area contributed by atoms with E-state index in [1.165, 1.54) is 6.07 Å². The fraction of sp³-hybridized carbons (Fsp3) is 0.263. The molecule has 0 aliphatic carbocycles. The standard InChI is InChI=1S/C19H19N3O4/c1-10(2)15(20)19(25)26-9-11-5-3-7-13-16(11)21-14-8-4-6-12(18(23)24)17(14)22-13/h3-8,10,15H,9,20H2,1-2H3,(H,23,24)/t15-/m0/s1. The van der Waals surface area contributed by atoms with Crippen molar-refractivity contribution in [3.8, 4) is 0 Å². The number of aromatic nitrogens is 2. The Balaban J connectivity index is 2.00. The molecule has 0 aliphatic heterocycles. The number of carbonyl (C=O) groups excluding carboxylic acids is 1. The molecule has 0 saturated carbocycles. The minimum absolute atomic E-state index is 0.0202. The van der Waals surface area contributed by atoms with Crippen LogP contribution in [0.3, 0.4) is 0 Å². The van der Waals surface area contributed by atoms with Crippen molar-refractivity contribution in [3.05, 3.63) is 47.5 Å². The highest BCUT2D eigenvalue weighted by molar-refractivity contribution is 6.02. The van der Waals surface area contributed by atoms with Crippen LogP contribution in [-0.4, -0.2) is 33.1 Å². The third-order valence-electron chi connectivity index (χ3n) is 4.17. The largest absolute Gasteiger partial charge is 0.478 e. The summed E-state index contributed by atoms with van der Waals surface area (Å²) in [7, 11) is 0. The molecule has 26 heavy (non-hydrogen) atoms. The van der Waals surface area contributed by atoms with Gasteiger partial charge in [0, 0.05) is 5.56 Å². The van der Waals surface area contributed by atoms with Gasteiger partial charge in [0.2, 0.25) is 0 Å². The number of carbonyl (C=O) groups is 2. The molecule has 0 amide bonds. The molecule has 3 aromatic rings. The molecule has 0 fully saturated rings. The number of benzene rings is 2. The second kappa shape index (κ2) is 7.05. The van der Waals surface area contributed by atoms with E-state index in [0.29, 0.717) is 27.6 Å². The van der Waals surface area contributed by atoms with Gasteiger partial charge in [-0.3, -0.25) is 4.79 Å². The van der Waals surface area contributed by atoms with E-state index in [2.05, 4.69) is 9.97 Å². The van der Waals surface area contributed by atoms with Gasteiger partial charge in [-0.05, 0) is 24.1 Å². The maximum absolute atomic E-state index is 12.0. The van der Waals surface area contributed by atoms with Crippen LogP contribution in [0.5, 0.6) is 0 Å². The Hall–Kier alpha value is -3.06. The highest BCUT2D eigenvalue weighted by atomic mass is 16.5. The summed E-state index contributed by atoms with van der Waals surface area (Å²) >= 11 is 0. The summed E-state index contributed by atoms with van der Waals surface area (Å²) in [5.41, 5.74) is 8.46. The van der Waals surface area contributed by atoms with Crippen LogP contribution >= 0.6 is 0 Å². The molecule has 0 bridgehead atoms. The number of para-hydroxylation sites is 2. The minimum Gasteiger partial charge on any atom is -0.478 e. The predicted molar refractivity (Wildman–Crippen MR) is 96.6 cm³/mol. The number of carboxylic acid groups (broad SMARTS) is 1. The van der Waals surface area contributed by atoms with E-state index >= 15 is 0 Å². The highest BCUT2D eigenvalue weighted by Crippen LogP contribution is 2.22. The van der Waals surface area contributed by atoms with Crippen LogP contribution in [0.2, 0.25) is 0 Å². The maximum atomic E-state index is 12.0. The molecule has 1 atom stereocenters. The van der Waals surface area contributed by atoms with Gasteiger partial charge in [0.25, 0.3) is 0 Å². The number of esters is 1. The maximum Gasteiger partial charge on any atom is 0.337 e. The molecular formula is C19H19N3O4. The first-order chi connectivity index (χ1) is 12.4. The molecule has 0 unspecified atom stereocenters. The van der Waals surface area contributed by atoms with Gasteiger partial charge in [-0.1, -0.05) is 32.0 Å². The summed E-state index contributed by atoms with van der Waals surface area (Å²) in [6, 6.07) is 9.42. The van der Waals surface area contributed by atoms with Crippen LogP contribution in [0.4, 0.5) is 0 Å². The Labute approximate surface area is 149 Å². The summed E-state index contributed by atoms with van der Waals surface area (Å²) in [5.74, 6) is -1.55. The molecular weight excluding hydrogens is 334 g/mol. The molecule has 2 aromatic carbocycles. The molecule has 0 aliphatic rings. The summed E-state index contributed by atoms with van der Waals surface area (Å²) in [5, 5.41) is 9.31. The molecule has 0 radical (unpaired) electrons. The Morgan fingerprint density at radius 3 is 2.35 bits per heavy atom. The number of carboxylic acids is 1. The summed E-state index contributed by atoms with van der Waals surface area (Å²) in [6.45, 7) is 3.72. The second-order valence-corrected chi connectivity index (χ2v) is 6.36. The van der Waals surface area contributed by atoms with E-state index in [0.717, 1.165) is 0 Å². The fourth-order valence-corrected chi connectivity index (χ4v) is 2.58. The number of nitrogens with zero attached hydrogens (tertiary/aromatic N) is 2. The van der Waals surface area contributed by atoms with Gasteiger partial charge in [-0.15, -0.1) is 0 Å². The van der Waals surface area contributed by atoms with Gasteiger partial charge in [-0.25, -0.2) is 14.8 Å². The molecule has 1 heterocycles. The average Bonchev–Trinajstić information content (AvgIpc) is 2.62. The lowest BCUT2D eigenvalue weighted by molar-refractivity contribution is -0.147. The van der Waals surface area contributed by atoms with E-state index in [1.54, 1.807) is 30.3 Å². The molecule has 7 heteroatoms. The first-order valence-corrected chi connectivity index (χ1v) is 8.22. The van der Waals surface area contributed by atoms with Crippen molar-refractivity contribution in [1.82, 2.24) is 9.97 Å². The lowest BCUT2D eigenvalue weighted by atomic mass is 10.1. The molecule has 0 spiro atoms. The van der Waals surface area contributed by atoms with Crippen molar-refractivity contribution in [3.63, 3.8) is 0 Å². The van der Waals surface area contributed by atoms with Crippen molar-refractivity contribution in [2.45, 2.75) is 26.5 Å². The third-order valence-corrected chi connectivity index (χ3v) is 4.17. The van der Waals surface area contributed by atoms with Gasteiger partial charge in [0.05, 0.1) is 22.1 Å². The van der Waals surface area contributed by atoms with Crippen molar-refractivity contribution in [1.29, 1.82) is 0 Å². The molecule has 1 aromatic heterocycles. The molecule has 3 rings (SSSR count). The van der Waals surface area contributed by atoms with Crippen LogP contribution < -0.4 is 5.73 Å². The highest BCUT2D eigenvalue weighted by Gasteiger charge is 2.19. The van der Waals surface area contributed by atoms with Crippen molar-refractivity contribution >= 4 is 34.0 Å². The number of aromatic carboxylic acids is 1. The van der Waals surface area contributed by atoms with E-state index in [1.807, 2.05) is 13.8 Å². The summed E-state index contributed by atoms with van der Waals surface area (Å²) in [4.78, 5) is 32.3. The Morgan fingerprint density at radius 1 is 1.08 bits per heavy atom. The molecule has 134 valence electrons. The van der Waals surface area contributed by atoms with Gasteiger partial charge in [-0.2, -0.15) is 0 Å². The van der Waals surface area contributed by atoms with E-state index < -0.39 is 18.0 Å². The zero-order chi connectivity index (χ0) is 18.8. The van der Waals surface area contributed by atoms with Crippen molar-refractivity contribution < 1.29 is 19.4 Å². The monoisotopic (exact) mass is 353 g/mol. The summed E-state index contributed by atoms with van der Waals surface area (Å²) < 4.78 is 5.31. The lowest BCUT2D eigenvalue weighted by Gasteiger charge is -2.15. The van der Waals surface area contributed by atoms with E-state index in [-0.39, 0.29) is 18.1 Å².